The minimum absolute atomic E-state index is 0. The van der Waals surface area contributed by atoms with Gasteiger partial charge in [0.1, 0.15) is 0 Å². The number of para-hydroxylation sites is 2. The molecule has 0 radical (unpaired) electrons. The maximum Gasteiger partial charge on any atom is 0.0554 e. The molecule has 0 unspecified atom stereocenters. The first-order valence-electron chi connectivity index (χ1n) is 30.2. The van der Waals surface area contributed by atoms with Crippen molar-refractivity contribution in [1.82, 2.24) is 0 Å². The molecule has 2 heterocycles. The van der Waals surface area contributed by atoms with Gasteiger partial charge in [-0.05, 0) is 159 Å². The third kappa shape index (κ3) is 13.0. The molecular formula is C85H63IN2S2. The smallest absolute Gasteiger partial charge is 0.0554 e. The second-order valence-electron chi connectivity index (χ2n) is 22.1. The normalized spacial score (nSPS) is 10.9. The van der Waals surface area contributed by atoms with Crippen LogP contribution in [-0.4, -0.2) is 0 Å². The van der Waals surface area contributed by atoms with Crippen molar-refractivity contribution in [2.75, 3.05) is 10.2 Å². The van der Waals surface area contributed by atoms with Gasteiger partial charge in [0.2, 0.25) is 0 Å². The SMILES string of the molecule is Cc1cc2sc3ccccc3c2cc1-c1ccc(-c2ccccc2)cc1.I.c1ccc(-c2ccc(-c3cc4c(cc3N(c3ccccc3)c3ccc(-c5ccccc5)cc3)sc3ccccc34)cc2)cc1.c1ccc(Nc2ccc(-c3ccccc3)cc2)cc1. The summed E-state index contributed by atoms with van der Waals surface area (Å²) in [5.74, 6) is 0. The molecule has 0 spiro atoms. The van der Waals surface area contributed by atoms with Crippen LogP contribution in [0.2, 0.25) is 0 Å². The molecule has 0 aliphatic heterocycles. The van der Waals surface area contributed by atoms with Crippen LogP contribution in [0.25, 0.3) is 107 Å². The van der Waals surface area contributed by atoms with E-state index < -0.39 is 0 Å². The highest BCUT2D eigenvalue weighted by Gasteiger charge is 2.21. The van der Waals surface area contributed by atoms with E-state index in [0.717, 1.165) is 28.4 Å². The highest BCUT2D eigenvalue weighted by atomic mass is 127. The Bertz CT molecular complexity index is 4980. The van der Waals surface area contributed by atoms with Crippen molar-refractivity contribution in [3.05, 3.63) is 357 Å². The molecule has 16 rings (SSSR count). The van der Waals surface area contributed by atoms with E-state index >= 15 is 0 Å². The Hall–Kier alpha value is -10.2. The van der Waals surface area contributed by atoms with Gasteiger partial charge in [-0.2, -0.15) is 0 Å². The van der Waals surface area contributed by atoms with Gasteiger partial charge < -0.3 is 10.2 Å². The zero-order valence-corrected chi connectivity index (χ0v) is 53.6. The van der Waals surface area contributed by atoms with E-state index in [4.69, 9.17) is 0 Å². The minimum atomic E-state index is 0. The lowest BCUT2D eigenvalue weighted by Gasteiger charge is -2.28. The first-order chi connectivity index (χ1) is 44.0. The van der Waals surface area contributed by atoms with E-state index in [1.165, 1.54) is 113 Å². The summed E-state index contributed by atoms with van der Waals surface area (Å²) in [6.45, 7) is 2.21. The summed E-state index contributed by atoms with van der Waals surface area (Å²) in [5.41, 5.74) is 21.8. The number of rotatable bonds is 11. The number of thiophene rings is 2. The molecule has 0 atom stereocenters. The maximum atomic E-state index is 3.38. The lowest BCUT2D eigenvalue weighted by Crippen LogP contribution is -2.11. The van der Waals surface area contributed by atoms with Crippen LogP contribution < -0.4 is 10.2 Å². The molecule has 90 heavy (non-hydrogen) atoms. The quantitative estimate of drug-likeness (QED) is 0.130. The van der Waals surface area contributed by atoms with E-state index in [9.17, 15) is 0 Å². The van der Waals surface area contributed by atoms with Crippen LogP contribution in [0, 0.1) is 6.92 Å². The molecule has 0 saturated carbocycles. The van der Waals surface area contributed by atoms with Gasteiger partial charge in [0, 0.05) is 68.7 Å². The second kappa shape index (κ2) is 27.5. The van der Waals surface area contributed by atoms with Crippen molar-refractivity contribution < 1.29 is 0 Å². The van der Waals surface area contributed by atoms with Crippen molar-refractivity contribution >= 4 is 115 Å². The molecule has 0 bridgehead atoms. The van der Waals surface area contributed by atoms with Crippen LogP contribution >= 0.6 is 46.7 Å². The van der Waals surface area contributed by atoms with Gasteiger partial charge in [0.25, 0.3) is 0 Å². The number of aryl methyl sites for hydroxylation is 1. The Kier molecular flexibility index (Phi) is 18.0. The number of nitrogens with zero attached hydrogens (tertiary/aromatic N) is 1. The van der Waals surface area contributed by atoms with Crippen LogP contribution in [0.5, 0.6) is 0 Å². The molecule has 0 amide bonds. The fourth-order valence-corrected chi connectivity index (χ4v) is 14.1. The molecule has 0 aliphatic carbocycles. The molecule has 1 N–H and O–H groups in total. The van der Waals surface area contributed by atoms with Gasteiger partial charge in [0.15, 0.2) is 0 Å². The Morgan fingerprint density at radius 2 is 0.556 bits per heavy atom. The maximum absolute atomic E-state index is 3.38. The summed E-state index contributed by atoms with van der Waals surface area (Å²) in [6, 6.07) is 125. The first kappa shape index (κ1) is 58.8. The fraction of sp³-hybridized carbons (Fsp3) is 0.0118. The standard InChI is InChI=1S/C42H29NS.C25H18S.C18H15N.HI/c1-4-12-30(13-5-1)32-20-22-34(23-21-32)38-28-39-37-18-10-11-19-41(37)44-42(39)29-40(38)43(35-16-8-3-9-17-35)36-26-24-33(25-27-36)31-14-6-2-7-15-31;1-17-15-25-23(21-9-5-6-10-24(21)26-25)16-22(17)20-13-11-19(12-14-20)18-7-3-2-4-8-18;1-3-7-15(8-4-1)16-11-13-18(14-12-16)19-17-9-5-2-6-10-17;/h1-29H;2-16H,1H3;1-14,19H;1H. The summed E-state index contributed by atoms with van der Waals surface area (Å²) in [4.78, 5) is 2.40. The third-order valence-electron chi connectivity index (χ3n) is 16.4. The van der Waals surface area contributed by atoms with Gasteiger partial charge >= 0.3 is 0 Å². The molecule has 432 valence electrons. The Morgan fingerprint density at radius 1 is 0.244 bits per heavy atom. The van der Waals surface area contributed by atoms with Gasteiger partial charge in [-0.25, -0.2) is 0 Å². The average Bonchev–Trinajstić information content (AvgIpc) is 1.53. The summed E-state index contributed by atoms with van der Waals surface area (Å²) < 4.78 is 5.32. The molecule has 2 aromatic heterocycles. The summed E-state index contributed by atoms with van der Waals surface area (Å²) >= 11 is 3.74. The predicted molar refractivity (Wildman–Crippen MR) is 402 cm³/mol. The van der Waals surface area contributed by atoms with Crippen molar-refractivity contribution in [3.8, 4) is 66.8 Å². The lowest BCUT2D eigenvalue weighted by atomic mass is 9.96. The van der Waals surface area contributed by atoms with Crippen molar-refractivity contribution in [2.24, 2.45) is 0 Å². The van der Waals surface area contributed by atoms with E-state index in [1.807, 2.05) is 46.9 Å². The molecule has 14 aromatic carbocycles. The zero-order chi connectivity index (χ0) is 59.7. The zero-order valence-electron chi connectivity index (χ0n) is 49.7. The highest BCUT2D eigenvalue weighted by Crippen LogP contribution is 2.47. The van der Waals surface area contributed by atoms with Gasteiger partial charge in [-0.3, -0.25) is 0 Å². The second-order valence-corrected chi connectivity index (χ2v) is 24.3. The van der Waals surface area contributed by atoms with Crippen LogP contribution in [0.4, 0.5) is 28.4 Å². The van der Waals surface area contributed by atoms with Crippen molar-refractivity contribution in [1.29, 1.82) is 0 Å². The number of anilines is 5. The number of hydrogen-bond acceptors (Lipinski definition) is 4. The predicted octanol–water partition coefficient (Wildman–Crippen LogP) is 25.9. The lowest BCUT2D eigenvalue weighted by molar-refractivity contribution is 1.29. The van der Waals surface area contributed by atoms with E-state index in [-0.39, 0.29) is 24.0 Å². The van der Waals surface area contributed by atoms with Crippen LogP contribution in [-0.2, 0) is 0 Å². The Labute approximate surface area is 552 Å². The van der Waals surface area contributed by atoms with Crippen LogP contribution in [0.1, 0.15) is 5.56 Å². The summed E-state index contributed by atoms with van der Waals surface area (Å²) in [7, 11) is 0. The third-order valence-corrected chi connectivity index (χ3v) is 18.6. The number of benzene rings is 14. The number of halogens is 1. The molecule has 5 heteroatoms. The number of hydrogen-bond donors (Lipinski definition) is 1. The monoisotopic (exact) mass is 1300 g/mol. The topological polar surface area (TPSA) is 15.3 Å². The molecule has 0 fully saturated rings. The number of nitrogens with one attached hydrogen (secondary N) is 1. The summed E-state index contributed by atoms with van der Waals surface area (Å²) in [6.07, 6.45) is 0. The largest absolute Gasteiger partial charge is 0.356 e. The fourth-order valence-electron chi connectivity index (χ4n) is 11.8. The molecule has 2 nitrogen and oxygen atoms in total. The van der Waals surface area contributed by atoms with Gasteiger partial charge in [0.05, 0.1) is 5.69 Å². The molecular weight excluding hydrogens is 1240 g/mol. The summed E-state index contributed by atoms with van der Waals surface area (Å²) in [5, 5.41) is 8.70. The Morgan fingerprint density at radius 3 is 1.01 bits per heavy atom. The van der Waals surface area contributed by atoms with E-state index in [2.05, 4.69) is 345 Å². The molecule has 0 aliphatic rings. The van der Waals surface area contributed by atoms with Crippen molar-refractivity contribution in [2.45, 2.75) is 6.92 Å². The van der Waals surface area contributed by atoms with Gasteiger partial charge in [-0.15, -0.1) is 46.7 Å². The Balaban J connectivity index is 0.000000136. The first-order valence-corrected chi connectivity index (χ1v) is 31.8. The van der Waals surface area contributed by atoms with Crippen LogP contribution in [0.15, 0.2) is 352 Å². The molecule has 0 saturated heterocycles. The van der Waals surface area contributed by atoms with Crippen molar-refractivity contribution in [3.63, 3.8) is 0 Å². The average molecular weight is 1300 g/mol. The van der Waals surface area contributed by atoms with E-state index in [1.54, 1.807) is 0 Å². The highest BCUT2D eigenvalue weighted by molar-refractivity contribution is 14.0. The minimum Gasteiger partial charge on any atom is -0.356 e. The molecule has 16 aromatic rings. The number of fused-ring (bicyclic) bond motifs is 6. The van der Waals surface area contributed by atoms with Crippen LogP contribution in [0.3, 0.4) is 0 Å². The van der Waals surface area contributed by atoms with Gasteiger partial charge in [-0.1, -0.05) is 267 Å². The van der Waals surface area contributed by atoms with E-state index in [0.29, 0.717) is 0 Å².